The molecule has 0 aromatic heterocycles. The van der Waals surface area contributed by atoms with Crippen molar-refractivity contribution in [3.05, 3.63) is 89.4 Å². The lowest BCUT2D eigenvalue weighted by Crippen LogP contribution is -2.51. The van der Waals surface area contributed by atoms with Gasteiger partial charge in [-0.1, -0.05) is 66.2 Å². The summed E-state index contributed by atoms with van der Waals surface area (Å²) in [5, 5.41) is 10.1. The van der Waals surface area contributed by atoms with E-state index in [9.17, 15) is 23.1 Å². The molecule has 0 amide bonds. The van der Waals surface area contributed by atoms with E-state index in [-0.39, 0.29) is 11.3 Å². The number of halogens is 1. The van der Waals surface area contributed by atoms with Gasteiger partial charge in [-0.15, -0.1) is 0 Å². The highest BCUT2D eigenvalue weighted by atomic mass is 35.5. The van der Waals surface area contributed by atoms with Crippen LogP contribution in [0.25, 0.3) is 11.1 Å². The van der Waals surface area contributed by atoms with Crippen LogP contribution in [-0.4, -0.2) is 49.0 Å². The molecule has 4 rings (SSSR count). The smallest absolute Gasteiger partial charge is 0.328 e. The molecule has 1 aliphatic rings. The number of carboxylic acid groups (broad SMARTS) is 1. The van der Waals surface area contributed by atoms with Gasteiger partial charge in [0.15, 0.2) is 0 Å². The third kappa shape index (κ3) is 4.32. The number of sulfonamides is 1. The van der Waals surface area contributed by atoms with E-state index in [4.69, 9.17) is 16.3 Å². The van der Waals surface area contributed by atoms with Crippen molar-refractivity contribution in [2.75, 3.05) is 13.7 Å². The van der Waals surface area contributed by atoms with Crippen molar-refractivity contribution in [2.24, 2.45) is 0 Å². The van der Waals surface area contributed by atoms with Gasteiger partial charge >= 0.3 is 11.9 Å². The van der Waals surface area contributed by atoms with E-state index >= 15 is 0 Å². The zero-order chi connectivity index (χ0) is 24.5. The lowest BCUT2D eigenvalue weighted by atomic mass is 10.1. The van der Waals surface area contributed by atoms with Crippen molar-refractivity contribution >= 4 is 33.6 Å². The number of esters is 1. The first-order valence-corrected chi connectivity index (χ1v) is 12.3. The predicted octanol–water partition coefficient (Wildman–Crippen LogP) is 4.18. The van der Waals surface area contributed by atoms with Crippen LogP contribution >= 0.6 is 11.6 Å². The standard InChI is InChI=1S/C25H22ClNO6S/c1-33-24(30)25(15-22(25)19-5-3-2-4-6-19)27(16-23(28)29)34(31,32)21-13-9-18(10-14-21)17-7-11-20(26)12-8-17/h2-14,22H,15-16H2,1H3,(H,28,29). The summed E-state index contributed by atoms with van der Waals surface area (Å²) in [7, 11) is -3.20. The van der Waals surface area contributed by atoms with Crippen molar-refractivity contribution in [1.29, 1.82) is 0 Å². The molecule has 0 heterocycles. The first kappa shape index (κ1) is 23.9. The van der Waals surface area contributed by atoms with Crippen molar-refractivity contribution in [3.8, 4) is 11.1 Å². The molecule has 34 heavy (non-hydrogen) atoms. The molecule has 0 bridgehead atoms. The van der Waals surface area contributed by atoms with Gasteiger partial charge in [-0.05, 0) is 47.4 Å². The minimum absolute atomic E-state index is 0.117. The van der Waals surface area contributed by atoms with E-state index in [1.165, 1.54) is 12.1 Å². The largest absolute Gasteiger partial charge is 0.480 e. The summed E-state index contributed by atoms with van der Waals surface area (Å²) in [6, 6.07) is 22.1. The Kier molecular flexibility index (Phi) is 6.49. The summed E-state index contributed by atoms with van der Waals surface area (Å²) in [6.07, 6.45) is 0.124. The molecule has 9 heteroatoms. The van der Waals surface area contributed by atoms with Crippen molar-refractivity contribution in [2.45, 2.75) is 22.8 Å². The highest BCUT2D eigenvalue weighted by Crippen LogP contribution is 2.57. The Labute approximate surface area is 202 Å². The first-order valence-electron chi connectivity index (χ1n) is 10.4. The zero-order valence-electron chi connectivity index (χ0n) is 18.2. The molecule has 0 saturated heterocycles. The molecule has 1 fully saturated rings. The predicted molar refractivity (Wildman–Crippen MR) is 127 cm³/mol. The van der Waals surface area contributed by atoms with Gasteiger partial charge in [-0.25, -0.2) is 13.2 Å². The number of benzene rings is 3. The summed E-state index contributed by atoms with van der Waals surface area (Å²) < 4.78 is 33.1. The molecule has 1 N–H and O–H groups in total. The Morgan fingerprint density at radius 2 is 1.56 bits per heavy atom. The molecule has 1 aliphatic carbocycles. The SMILES string of the molecule is COC(=O)C1(N(CC(=O)O)S(=O)(=O)c2ccc(-c3ccc(Cl)cc3)cc2)CC1c1ccccc1. The number of ether oxygens (including phenoxy) is 1. The number of hydrogen-bond donors (Lipinski definition) is 1. The quantitative estimate of drug-likeness (QED) is 0.466. The molecule has 1 saturated carbocycles. The minimum Gasteiger partial charge on any atom is -0.480 e. The highest BCUT2D eigenvalue weighted by molar-refractivity contribution is 7.89. The summed E-state index contributed by atoms with van der Waals surface area (Å²) >= 11 is 5.93. The molecule has 3 aromatic rings. The van der Waals surface area contributed by atoms with Crippen LogP contribution in [-0.2, 0) is 24.3 Å². The fourth-order valence-corrected chi connectivity index (χ4v) is 6.11. The van der Waals surface area contributed by atoms with E-state index in [0.29, 0.717) is 5.02 Å². The Morgan fingerprint density at radius 3 is 2.09 bits per heavy atom. The van der Waals surface area contributed by atoms with Crippen LogP contribution in [0.3, 0.4) is 0 Å². The molecule has 7 nitrogen and oxygen atoms in total. The molecular weight excluding hydrogens is 478 g/mol. The second-order valence-electron chi connectivity index (χ2n) is 8.02. The summed E-state index contributed by atoms with van der Waals surface area (Å²) in [6.45, 7) is -0.875. The fourth-order valence-electron chi connectivity index (χ4n) is 4.26. The zero-order valence-corrected chi connectivity index (χ0v) is 19.8. The van der Waals surface area contributed by atoms with Gasteiger partial charge < -0.3 is 9.84 Å². The normalized spacial score (nSPS) is 19.6. The van der Waals surface area contributed by atoms with Crippen LogP contribution in [0.5, 0.6) is 0 Å². The number of carboxylic acids is 1. The average molecular weight is 500 g/mol. The van der Waals surface area contributed by atoms with Gasteiger partial charge in [0.2, 0.25) is 10.0 Å². The number of rotatable bonds is 8. The Hall–Kier alpha value is -3.20. The molecular formula is C25H22ClNO6S. The lowest BCUT2D eigenvalue weighted by Gasteiger charge is -2.29. The summed E-state index contributed by atoms with van der Waals surface area (Å²) in [5.74, 6) is -2.68. The van der Waals surface area contributed by atoms with Crippen molar-refractivity contribution in [3.63, 3.8) is 0 Å². The fraction of sp³-hybridized carbons (Fsp3) is 0.200. The lowest BCUT2D eigenvalue weighted by molar-refractivity contribution is -0.148. The molecule has 0 radical (unpaired) electrons. The van der Waals surface area contributed by atoms with Gasteiger partial charge in [-0.2, -0.15) is 4.31 Å². The van der Waals surface area contributed by atoms with Crippen LogP contribution in [0, 0.1) is 0 Å². The molecule has 3 aromatic carbocycles. The number of hydrogen-bond acceptors (Lipinski definition) is 5. The van der Waals surface area contributed by atoms with Gasteiger partial charge in [-0.3, -0.25) is 4.79 Å². The number of nitrogens with zero attached hydrogens (tertiary/aromatic N) is 1. The topological polar surface area (TPSA) is 101 Å². The maximum absolute atomic E-state index is 13.7. The van der Waals surface area contributed by atoms with Gasteiger partial charge in [0.25, 0.3) is 0 Å². The van der Waals surface area contributed by atoms with E-state index < -0.39 is 40.0 Å². The number of carbonyl (C=O) groups excluding carboxylic acids is 1. The Bertz CT molecular complexity index is 1310. The number of methoxy groups -OCH3 is 1. The third-order valence-electron chi connectivity index (χ3n) is 6.02. The molecule has 0 spiro atoms. The van der Waals surface area contributed by atoms with Crippen LogP contribution in [0.15, 0.2) is 83.8 Å². The van der Waals surface area contributed by atoms with Crippen molar-refractivity contribution in [1.82, 2.24) is 4.31 Å². The molecule has 176 valence electrons. The van der Waals surface area contributed by atoms with Crippen LogP contribution in [0.4, 0.5) is 0 Å². The summed E-state index contributed by atoms with van der Waals surface area (Å²) in [5.41, 5.74) is 0.698. The Morgan fingerprint density at radius 1 is 1.00 bits per heavy atom. The Balaban J connectivity index is 1.74. The van der Waals surface area contributed by atoms with E-state index in [2.05, 4.69) is 0 Å². The first-order chi connectivity index (χ1) is 16.2. The molecule has 2 atom stereocenters. The summed E-state index contributed by atoms with van der Waals surface area (Å²) in [4.78, 5) is 24.5. The maximum atomic E-state index is 13.7. The second kappa shape index (κ2) is 9.21. The number of carbonyl (C=O) groups is 2. The van der Waals surface area contributed by atoms with E-state index in [1.807, 2.05) is 12.1 Å². The number of aliphatic carboxylic acids is 1. The highest BCUT2D eigenvalue weighted by Gasteiger charge is 2.68. The van der Waals surface area contributed by atoms with Gasteiger partial charge in [0.1, 0.15) is 12.1 Å². The van der Waals surface area contributed by atoms with Gasteiger partial charge in [0, 0.05) is 10.9 Å². The maximum Gasteiger partial charge on any atom is 0.328 e. The van der Waals surface area contributed by atoms with Crippen LogP contribution in [0.2, 0.25) is 5.02 Å². The van der Waals surface area contributed by atoms with Crippen molar-refractivity contribution < 1.29 is 27.9 Å². The second-order valence-corrected chi connectivity index (χ2v) is 10.3. The average Bonchev–Trinajstić information content (AvgIpc) is 3.59. The van der Waals surface area contributed by atoms with Gasteiger partial charge in [0.05, 0.1) is 12.0 Å². The van der Waals surface area contributed by atoms with E-state index in [0.717, 1.165) is 28.1 Å². The minimum atomic E-state index is -4.36. The molecule has 2 unspecified atom stereocenters. The van der Waals surface area contributed by atoms with Crippen LogP contribution in [0.1, 0.15) is 17.9 Å². The van der Waals surface area contributed by atoms with E-state index in [1.54, 1.807) is 54.6 Å². The monoisotopic (exact) mass is 499 g/mol. The van der Waals surface area contributed by atoms with Crippen LogP contribution < -0.4 is 0 Å². The third-order valence-corrected chi connectivity index (χ3v) is 8.17. The molecule has 0 aliphatic heterocycles.